The zero-order chi connectivity index (χ0) is 18.1. The largest absolute Gasteiger partial charge is 0.490 e. The zero-order valence-corrected chi connectivity index (χ0v) is 15.4. The summed E-state index contributed by atoms with van der Waals surface area (Å²) in [5, 5.41) is 4.41. The summed E-state index contributed by atoms with van der Waals surface area (Å²) < 4.78 is 11.2. The van der Waals surface area contributed by atoms with E-state index in [-0.39, 0.29) is 12.3 Å². The molecule has 0 saturated heterocycles. The first-order valence-electron chi connectivity index (χ1n) is 8.88. The van der Waals surface area contributed by atoms with Gasteiger partial charge in [0.25, 0.3) is 0 Å². The minimum absolute atomic E-state index is 0.128. The quantitative estimate of drug-likeness (QED) is 0.676. The summed E-state index contributed by atoms with van der Waals surface area (Å²) in [5.41, 5.74) is 5.06. The van der Waals surface area contributed by atoms with Gasteiger partial charge in [-0.1, -0.05) is 17.7 Å². The second-order valence-corrected chi connectivity index (χ2v) is 6.91. The molecular formula is C21H20ClNO3. The Morgan fingerprint density at radius 3 is 2.88 bits per heavy atom. The van der Waals surface area contributed by atoms with E-state index in [2.05, 4.69) is 17.4 Å². The van der Waals surface area contributed by atoms with Crippen molar-refractivity contribution in [3.63, 3.8) is 0 Å². The Morgan fingerprint density at radius 2 is 2.08 bits per heavy atom. The predicted octanol–water partition coefficient (Wildman–Crippen LogP) is 5.15. The molecule has 0 bridgehead atoms. The summed E-state index contributed by atoms with van der Waals surface area (Å²) in [4.78, 5) is 12.6. The molecule has 1 heterocycles. The van der Waals surface area contributed by atoms with Crippen molar-refractivity contribution in [1.82, 2.24) is 0 Å². The van der Waals surface area contributed by atoms with Gasteiger partial charge >= 0.3 is 0 Å². The van der Waals surface area contributed by atoms with E-state index in [0.29, 0.717) is 23.1 Å². The number of rotatable bonds is 5. The van der Waals surface area contributed by atoms with Crippen molar-refractivity contribution in [3.8, 4) is 5.75 Å². The average molecular weight is 370 g/mol. The van der Waals surface area contributed by atoms with Crippen molar-refractivity contribution in [2.45, 2.75) is 32.6 Å². The lowest BCUT2D eigenvalue weighted by Crippen LogP contribution is -2.15. The lowest BCUT2D eigenvalue weighted by atomic mass is 10.0. The van der Waals surface area contributed by atoms with Crippen molar-refractivity contribution in [1.29, 1.82) is 0 Å². The zero-order valence-electron chi connectivity index (χ0n) is 14.6. The minimum atomic E-state index is -0.128. The van der Waals surface area contributed by atoms with E-state index >= 15 is 0 Å². The van der Waals surface area contributed by atoms with Crippen LogP contribution in [0.15, 0.2) is 41.0 Å². The third-order valence-corrected chi connectivity index (χ3v) is 5.05. The van der Waals surface area contributed by atoms with Crippen LogP contribution in [-0.4, -0.2) is 12.5 Å². The monoisotopic (exact) mass is 369 g/mol. The fourth-order valence-corrected chi connectivity index (χ4v) is 3.78. The SMILES string of the molecule is CCOc1c(Cl)cccc1NC(=O)Cc1coc2cc3c(cc12)CCC3. The van der Waals surface area contributed by atoms with Crippen LogP contribution in [0.5, 0.6) is 5.75 Å². The Hall–Kier alpha value is -2.46. The first-order chi connectivity index (χ1) is 12.7. The van der Waals surface area contributed by atoms with Gasteiger partial charge in [-0.15, -0.1) is 0 Å². The molecule has 0 spiro atoms. The van der Waals surface area contributed by atoms with E-state index in [1.54, 1.807) is 24.5 Å². The molecule has 26 heavy (non-hydrogen) atoms. The molecule has 1 N–H and O–H groups in total. The van der Waals surface area contributed by atoms with Crippen molar-refractivity contribution >= 4 is 34.2 Å². The number of hydrogen-bond acceptors (Lipinski definition) is 3. The van der Waals surface area contributed by atoms with Crippen LogP contribution in [0.3, 0.4) is 0 Å². The van der Waals surface area contributed by atoms with Crippen LogP contribution in [0.2, 0.25) is 5.02 Å². The number of carbonyl (C=O) groups excluding carboxylic acids is 1. The summed E-state index contributed by atoms with van der Waals surface area (Å²) in [6.45, 7) is 2.36. The van der Waals surface area contributed by atoms with Gasteiger partial charge in [-0.05, 0) is 61.6 Å². The predicted molar refractivity (Wildman–Crippen MR) is 103 cm³/mol. The van der Waals surface area contributed by atoms with Crippen molar-refractivity contribution in [3.05, 3.63) is 58.3 Å². The number of hydrogen-bond donors (Lipinski definition) is 1. The number of amides is 1. The average Bonchev–Trinajstić information content (AvgIpc) is 3.23. The molecule has 1 aliphatic carbocycles. The number of fused-ring (bicyclic) bond motifs is 2. The van der Waals surface area contributed by atoms with Crippen molar-refractivity contribution in [2.24, 2.45) is 0 Å². The number of carbonyl (C=O) groups is 1. The Bertz CT molecular complexity index is 977. The van der Waals surface area contributed by atoms with Gasteiger partial charge in [0, 0.05) is 10.9 Å². The summed E-state index contributed by atoms with van der Waals surface area (Å²) >= 11 is 6.18. The van der Waals surface area contributed by atoms with Crippen LogP contribution in [0, 0.1) is 0 Å². The summed E-state index contributed by atoms with van der Waals surface area (Å²) in [7, 11) is 0. The highest BCUT2D eigenvalue weighted by molar-refractivity contribution is 6.32. The molecule has 1 aromatic heterocycles. The number of para-hydroxylation sites is 1. The van der Waals surface area contributed by atoms with Crippen molar-refractivity contribution in [2.75, 3.05) is 11.9 Å². The van der Waals surface area contributed by atoms with Crippen LogP contribution in [0.4, 0.5) is 5.69 Å². The summed E-state index contributed by atoms with van der Waals surface area (Å²) in [6, 6.07) is 9.61. The smallest absolute Gasteiger partial charge is 0.229 e. The van der Waals surface area contributed by atoms with Gasteiger partial charge in [0.15, 0.2) is 5.75 Å². The van der Waals surface area contributed by atoms with Crippen LogP contribution in [0.25, 0.3) is 11.0 Å². The standard InChI is InChI=1S/C21H20ClNO3/c1-2-25-21-17(22)7-4-8-18(21)23-20(24)11-15-12-26-19-10-14-6-3-5-13(14)9-16(15)19/h4,7-10,12H,2-3,5-6,11H2,1H3,(H,23,24). The Labute approximate surface area is 157 Å². The fraction of sp³-hybridized carbons (Fsp3) is 0.286. The van der Waals surface area contributed by atoms with E-state index in [0.717, 1.165) is 29.4 Å². The van der Waals surface area contributed by atoms with Gasteiger partial charge in [-0.2, -0.15) is 0 Å². The number of halogens is 1. The highest BCUT2D eigenvalue weighted by atomic mass is 35.5. The van der Waals surface area contributed by atoms with Crippen LogP contribution in [-0.2, 0) is 24.1 Å². The summed E-state index contributed by atoms with van der Waals surface area (Å²) in [5.74, 6) is 0.372. The molecule has 4 nitrogen and oxygen atoms in total. The lowest BCUT2D eigenvalue weighted by molar-refractivity contribution is -0.115. The van der Waals surface area contributed by atoms with Gasteiger partial charge in [-0.25, -0.2) is 0 Å². The van der Waals surface area contributed by atoms with Crippen LogP contribution >= 0.6 is 11.6 Å². The number of anilines is 1. The first-order valence-corrected chi connectivity index (χ1v) is 9.26. The fourth-order valence-electron chi connectivity index (χ4n) is 3.55. The van der Waals surface area contributed by atoms with Crippen LogP contribution < -0.4 is 10.1 Å². The van der Waals surface area contributed by atoms with Crippen LogP contribution in [0.1, 0.15) is 30.0 Å². The number of nitrogens with one attached hydrogen (secondary N) is 1. The maximum atomic E-state index is 12.6. The van der Waals surface area contributed by atoms with E-state index in [9.17, 15) is 4.79 Å². The molecule has 2 aromatic carbocycles. The Balaban J connectivity index is 1.56. The Kier molecular flexibility index (Phi) is 4.60. The molecule has 1 amide bonds. The topological polar surface area (TPSA) is 51.5 Å². The van der Waals surface area contributed by atoms with E-state index in [4.69, 9.17) is 20.8 Å². The van der Waals surface area contributed by atoms with E-state index < -0.39 is 0 Å². The molecule has 0 fully saturated rings. The van der Waals surface area contributed by atoms with Crippen molar-refractivity contribution < 1.29 is 13.9 Å². The second-order valence-electron chi connectivity index (χ2n) is 6.51. The van der Waals surface area contributed by atoms with E-state index in [1.807, 2.05) is 6.92 Å². The molecule has 3 aromatic rings. The lowest BCUT2D eigenvalue weighted by Gasteiger charge is -2.12. The van der Waals surface area contributed by atoms with Gasteiger partial charge < -0.3 is 14.5 Å². The van der Waals surface area contributed by atoms with Gasteiger partial charge in [0.1, 0.15) is 5.58 Å². The first kappa shape index (κ1) is 17.0. The molecule has 134 valence electrons. The molecule has 1 aliphatic rings. The maximum absolute atomic E-state index is 12.6. The molecule has 4 rings (SSSR count). The normalized spacial score (nSPS) is 13.0. The van der Waals surface area contributed by atoms with Gasteiger partial charge in [0.2, 0.25) is 5.91 Å². The molecule has 0 atom stereocenters. The van der Waals surface area contributed by atoms with E-state index in [1.165, 1.54) is 17.5 Å². The van der Waals surface area contributed by atoms with Gasteiger partial charge in [-0.3, -0.25) is 4.79 Å². The molecule has 0 radical (unpaired) electrons. The third-order valence-electron chi connectivity index (χ3n) is 4.75. The molecule has 0 saturated carbocycles. The third kappa shape index (κ3) is 3.17. The Morgan fingerprint density at radius 1 is 1.27 bits per heavy atom. The number of aryl methyl sites for hydroxylation is 2. The molecule has 5 heteroatoms. The molecule has 0 unspecified atom stereocenters. The minimum Gasteiger partial charge on any atom is -0.490 e. The number of benzene rings is 2. The number of ether oxygens (including phenoxy) is 1. The number of furan rings is 1. The highest BCUT2D eigenvalue weighted by Gasteiger charge is 2.17. The molecular weight excluding hydrogens is 350 g/mol. The summed E-state index contributed by atoms with van der Waals surface area (Å²) in [6.07, 6.45) is 5.32. The van der Waals surface area contributed by atoms with Gasteiger partial charge in [0.05, 0.1) is 30.0 Å². The highest BCUT2D eigenvalue weighted by Crippen LogP contribution is 2.34. The molecule has 0 aliphatic heterocycles. The second kappa shape index (κ2) is 7.04. The maximum Gasteiger partial charge on any atom is 0.229 e.